The highest BCUT2D eigenvalue weighted by atomic mass is 14.4. The van der Waals surface area contributed by atoms with Gasteiger partial charge in [-0.2, -0.15) is 0 Å². The van der Waals surface area contributed by atoms with E-state index in [1.165, 1.54) is 22.3 Å². The standard InChI is InChI=1S/C17H18/c1-17(2)15-11-7-3-5-9-13(15)14-10-6-4-8-12-16(14)17/h3,6-12H,4-5H2,1-2H3. The lowest BCUT2D eigenvalue weighted by molar-refractivity contribution is 0.578. The molecule has 0 nitrogen and oxygen atoms in total. The van der Waals surface area contributed by atoms with E-state index in [1.807, 2.05) is 0 Å². The molecule has 0 spiro atoms. The van der Waals surface area contributed by atoms with Crippen LogP contribution in [0, 0.1) is 5.41 Å². The number of fused-ring (bicyclic) bond motifs is 2. The first-order valence-electron chi connectivity index (χ1n) is 6.37. The first-order valence-corrected chi connectivity index (χ1v) is 6.37. The molecule has 0 heteroatoms. The third-order valence-electron chi connectivity index (χ3n) is 3.92. The van der Waals surface area contributed by atoms with Crippen LogP contribution in [0.1, 0.15) is 26.7 Å². The van der Waals surface area contributed by atoms with E-state index in [-0.39, 0.29) is 5.41 Å². The zero-order chi connectivity index (χ0) is 11.9. The van der Waals surface area contributed by atoms with Crippen molar-refractivity contribution < 1.29 is 0 Å². The van der Waals surface area contributed by atoms with E-state index < -0.39 is 0 Å². The Balaban J connectivity index is 2.25. The maximum Gasteiger partial charge on any atom is 0.0158 e. The summed E-state index contributed by atoms with van der Waals surface area (Å²) in [4.78, 5) is 0. The Hall–Kier alpha value is -1.56. The molecule has 0 aromatic rings. The van der Waals surface area contributed by atoms with Gasteiger partial charge < -0.3 is 0 Å². The summed E-state index contributed by atoms with van der Waals surface area (Å²) in [7, 11) is 0. The molecule has 0 atom stereocenters. The summed E-state index contributed by atoms with van der Waals surface area (Å²) in [5.74, 6) is 0. The molecule has 0 unspecified atom stereocenters. The van der Waals surface area contributed by atoms with E-state index in [0.717, 1.165) is 12.8 Å². The van der Waals surface area contributed by atoms with Crippen molar-refractivity contribution in [2.24, 2.45) is 5.41 Å². The third kappa shape index (κ3) is 1.51. The third-order valence-corrected chi connectivity index (χ3v) is 3.92. The van der Waals surface area contributed by atoms with Crippen molar-refractivity contribution in [1.29, 1.82) is 0 Å². The van der Waals surface area contributed by atoms with Gasteiger partial charge in [-0.05, 0) is 35.1 Å². The van der Waals surface area contributed by atoms with Crippen molar-refractivity contribution in [1.82, 2.24) is 0 Å². The zero-order valence-corrected chi connectivity index (χ0v) is 10.5. The molecule has 3 aliphatic rings. The van der Waals surface area contributed by atoms with Crippen molar-refractivity contribution in [2.45, 2.75) is 26.7 Å². The Labute approximate surface area is 103 Å². The van der Waals surface area contributed by atoms with Crippen molar-refractivity contribution >= 4 is 0 Å². The van der Waals surface area contributed by atoms with Crippen LogP contribution in [0.2, 0.25) is 0 Å². The predicted octanol–water partition coefficient (Wildman–Crippen LogP) is 4.65. The second-order valence-electron chi connectivity index (χ2n) is 5.35. The first kappa shape index (κ1) is 10.6. The molecule has 0 heterocycles. The number of hydrogen-bond acceptors (Lipinski definition) is 0. The molecule has 0 aliphatic heterocycles. The zero-order valence-electron chi connectivity index (χ0n) is 10.5. The molecule has 0 N–H and O–H groups in total. The molecule has 86 valence electrons. The lowest BCUT2D eigenvalue weighted by atomic mass is 9.80. The fraction of sp³-hybridized carbons (Fsp3) is 0.294. The van der Waals surface area contributed by atoms with Gasteiger partial charge in [-0.25, -0.2) is 0 Å². The minimum atomic E-state index is 0.140. The summed E-state index contributed by atoms with van der Waals surface area (Å²) >= 11 is 0. The molecule has 0 aromatic carbocycles. The number of allylic oxidation sites excluding steroid dienone is 12. The summed E-state index contributed by atoms with van der Waals surface area (Å²) < 4.78 is 0. The fourth-order valence-electron chi connectivity index (χ4n) is 2.98. The van der Waals surface area contributed by atoms with Crippen molar-refractivity contribution in [3.8, 4) is 0 Å². The smallest absolute Gasteiger partial charge is 0.0158 e. The molecule has 3 aliphatic carbocycles. The van der Waals surface area contributed by atoms with Gasteiger partial charge in [0.1, 0.15) is 0 Å². The Morgan fingerprint density at radius 2 is 1.82 bits per heavy atom. The minimum Gasteiger partial charge on any atom is -0.0807 e. The summed E-state index contributed by atoms with van der Waals surface area (Å²) in [5.41, 5.74) is 5.95. The molecule has 0 aromatic heterocycles. The number of hydrogen-bond donors (Lipinski definition) is 0. The molecule has 3 rings (SSSR count). The molecule has 0 bridgehead atoms. The highest BCUT2D eigenvalue weighted by molar-refractivity contribution is 5.69. The Morgan fingerprint density at radius 3 is 2.71 bits per heavy atom. The summed E-state index contributed by atoms with van der Waals surface area (Å²) in [6.45, 7) is 4.66. The van der Waals surface area contributed by atoms with E-state index in [1.54, 1.807) is 0 Å². The average Bonchev–Trinajstić information content (AvgIpc) is 2.62. The monoisotopic (exact) mass is 222 g/mol. The van der Waals surface area contributed by atoms with Crippen LogP contribution in [0.3, 0.4) is 0 Å². The van der Waals surface area contributed by atoms with E-state index in [4.69, 9.17) is 0 Å². The van der Waals surface area contributed by atoms with Crippen LogP contribution in [0.25, 0.3) is 0 Å². The summed E-state index contributed by atoms with van der Waals surface area (Å²) in [5, 5.41) is 0. The maximum atomic E-state index is 2.36. The maximum absolute atomic E-state index is 2.36. The lowest BCUT2D eigenvalue weighted by Crippen LogP contribution is -2.12. The SMILES string of the molecule is CC1(C)C2=CC=CCC=C2C2=C1C=CCC=C2. The van der Waals surface area contributed by atoms with Gasteiger partial charge in [0.05, 0.1) is 0 Å². The van der Waals surface area contributed by atoms with Crippen LogP contribution in [-0.2, 0) is 0 Å². The highest BCUT2D eigenvalue weighted by Gasteiger charge is 2.38. The van der Waals surface area contributed by atoms with E-state index in [9.17, 15) is 0 Å². The van der Waals surface area contributed by atoms with E-state index >= 15 is 0 Å². The minimum absolute atomic E-state index is 0.140. The Morgan fingerprint density at radius 1 is 1.00 bits per heavy atom. The van der Waals surface area contributed by atoms with Crippen LogP contribution in [0.15, 0.2) is 70.9 Å². The van der Waals surface area contributed by atoms with Gasteiger partial charge in [-0.15, -0.1) is 0 Å². The van der Waals surface area contributed by atoms with Crippen molar-refractivity contribution in [2.75, 3.05) is 0 Å². The summed E-state index contributed by atoms with van der Waals surface area (Å²) in [6.07, 6.45) is 20.3. The van der Waals surface area contributed by atoms with Gasteiger partial charge in [0, 0.05) is 5.41 Å². The van der Waals surface area contributed by atoms with E-state index in [0.29, 0.717) is 0 Å². The quantitative estimate of drug-likeness (QED) is 0.559. The van der Waals surface area contributed by atoms with Crippen LogP contribution < -0.4 is 0 Å². The van der Waals surface area contributed by atoms with Gasteiger partial charge in [0.15, 0.2) is 0 Å². The van der Waals surface area contributed by atoms with Crippen LogP contribution in [0.5, 0.6) is 0 Å². The second kappa shape index (κ2) is 3.73. The first-order chi connectivity index (χ1) is 8.21. The van der Waals surface area contributed by atoms with Crippen LogP contribution >= 0.6 is 0 Å². The summed E-state index contributed by atoms with van der Waals surface area (Å²) in [6, 6.07) is 0. The molecule has 0 fully saturated rings. The molecule has 17 heavy (non-hydrogen) atoms. The molecule has 0 amide bonds. The van der Waals surface area contributed by atoms with Crippen LogP contribution in [0.4, 0.5) is 0 Å². The Kier molecular flexibility index (Phi) is 2.32. The van der Waals surface area contributed by atoms with Gasteiger partial charge in [0.2, 0.25) is 0 Å². The molecule has 0 radical (unpaired) electrons. The van der Waals surface area contributed by atoms with Crippen LogP contribution in [-0.4, -0.2) is 0 Å². The van der Waals surface area contributed by atoms with Crippen molar-refractivity contribution in [3.05, 3.63) is 70.9 Å². The lowest BCUT2D eigenvalue weighted by Gasteiger charge is -2.23. The van der Waals surface area contributed by atoms with Gasteiger partial charge in [-0.1, -0.05) is 62.5 Å². The molecular formula is C17H18. The topological polar surface area (TPSA) is 0 Å². The second-order valence-corrected chi connectivity index (χ2v) is 5.35. The van der Waals surface area contributed by atoms with Crippen molar-refractivity contribution in [3.63, 3.8) is 0 Å². The molecule has 0 saturated carbocycles. The number of rotatable bonds is 0. The fourth-order valence-corrected chi connectivity index (χ4v) is 2.98. The predicted molar refractivity (Wildman–Crippen MR) is 73.6 cm³/mol. The van der Waals surface area contributed by atoms with Gasteiger partial charge in [-0.3, -0.25) is 0 Å². The largest absolute Gasteiger partial charge is 0.0807 e. The van der Waals surface area contributed by atoms with Gasteiger partial charge >= 0.3 is 0 Å². The molecular weight excluding hydrogens is 204 g/mol. The van der Waals surface area contributed by atoms with E-state index in [2.05, 4.69) is 62.5 Å². The molecule has 0 saturated heterocycles. The average molecular weight is 222 g/mol. The highest BCUT2D eigenvalue weighted by Crippen LogP contribution is 2.52. The Bertz CT molecular complexity index is 528. The van der Waals surface area contributed by atoms with Gasteiger partial charge in [0.25, 0.3) is 0 Å². The normalized spacial score (nSPS) is 24.8.